The third-order valence-electron chi connectivity index (χ3n) is 3.71. The van der Waals surface area contributed by atoms with E-state index in [9.17, 15) is 9.90 Å². The molecule has 0 amide bonds. The Bertz CT molecular complexity index is 655. The van der Waals surface area contributed by atoms with Crippen LogP contribution in [0.1, 0.15) is 5.56 Å². The first kappa shape index (κ1) is 13.6. The van der Waals surface area contributed by atoms with Crippen LogP contribution in [0.15, 0.2) is 17.3 Å². The van der Waals surface area contributed by atoms with Gasteiger partial charge in [-0.1, -0.05) is 0 Å². The highest BCUT2D eigenvalue weighted by Crippen LogP contribution is 2.23. The lowest BCUT2D eigenvalue weighted by Gasteiger charge is -2.14. The summed E-state index contributed by atoms with van der Waals surface area (Å²) < 4.78 is 8.89. The average molecular weight is 296 g/mol. The Balaban J connectivity index is 1.78. The van der Waals surface area contributed by atoms with Crippen molar-refractivity contribution in [1.29, 1.82) is 0 Å². The van der Waals surface area contributed by atoms with Crippen LogP contribution >= 0.6 is 12.0 Å². The highest BCUT2D eigenvalue weighted by molar-refractivity contribution is 7.93. The molecule has 3 rings (SSSR count). The fraction of sp³-hybridized carbons (Fsp3) is 0.500. The van der Waals surface area contributed by atoms with Crippen LogP contribution in [0.2, 0.25) is 0 Å². The second kappa shape index (κ2) is 5.57. The summed E-state index contributed by atoms with van der Waals surface area (Å²) in [6.45, 7) is 1.92. The first-order valence-corrected chi connectivity index (χ1v) is 7.33. The van der Waals surface area contributed by atoms with E-state index < -0.39 is 6.10 Å². The van der Waals surface area contributed by atoms with Gasteiger partial charge < -0.3 is 19.6 Å². The molecule has 20 heavy (non-hydrogen) atoms. The fourth-order valence-electron chi connectivity index (χ4n) is 2.70. The third kappa shape index (κ3) is 2.47. The lowest BCUT2D eigenvalue weighted by Crippen LogP contribution is -2.21. The van der Waals surface area contributed by atoms with Crippen LogP contribution in [0.5, 0.6) is 0 Å². The zero-order valence-corrected chi connectivity index (χ0v) is 11.6. The predicted octanol–water partition coefficient (Wildman–Crippen LogP) is 0.250. The molecule has 8 heteroatoms. The number of fused-ring (bicyclic) bond motifs is 1. The van der Waals surface area contributed by atoms with Crippen molar-refractivity contribution in [2.75, 3.05) is 18.8 Å². The Labute approximate surface area is 119 Å². The number of H-pyrrole nitrogens is 2. The molecule has 7 nitrogen and oxygen atoms in total. The highest BCUT2D eigenvalue weighted by Gasteiger charge is 2.31. The van der Waals surface area contributed by atoms with E-state index in [0.717, 1.165) is 24.2 Å². The van der Waals surface area contributed by atoms with E-state index >= 15 is 0 Å². The van der Waals surface area contributed by atoms with Crippen LogP contribution in [-0.2, 0) is 6.54 Å². The minimum absolute atomic E-state index is 0.0755. The zero-order chi connectivity index (χ0) is 14.1. The topological polar surface area (TPSA) is 105 Å². The maximum atomic E-state index is 11.6. The van der Waals surface area contributed by atoms with Gasteiger partial charge in [0.1, 0.15) is 5.52 Å². The quantitative estimate of drug-likeness (QED) is 0.603. The molecule has 1 aliphatic rings. The van der Waals surface area contributed by atoms with Gasteiger partial charge in [0.2, 0.25) is 0 Å². The Morgan fingerprint density at radius 3 is 3.10 bits per heavy atom. The molecule has 2 aromatic heterocycles. The predicted molar refractivity (Wildman–Crippen MR) is 76.6 cm³/mol. The lowest BCUT2D eigenvalue weighted by molar-refractivity contribution is 0.149. The molecule has 3 heterocycles. The van der Waals surface area contributed by atoms with Crippen molar-refractivity contribution < 1.29 is 9.66 Å². The Morgan fingerprint density at radius 2 is 2.30 bits per heavy atom. The summed E-state index contributed by atoms with van der Waals surface area (Å²) in [5, 5.41) is 9.93. The summed E-state index contributed by atoms with van der Waals surface area (Å²) in [4.78, 5) is 23.4. The van der Waals surface area contributed by atoms with Gasteiger partial charge in [-0.05, 0) is 12.0 Å². The van der Waals surface area contributed by atoms with Crippen LogP contribution in [-0.4, -0.2) is 54.5 Å². The monoisotopic (exact) mass is 296 g/mol. The first-order chi connectivity index (χ1) is 9.69. The van der Waals surface area contributed by atoms with Crippen molar-refractivity contribution in [3.63, 3.8) is 0 Å². The molecule has 0 spiro atoms. The Kier molecular flexibility index (Phi) is 3.79. The van der Waals surface area contributed by atoms with Crippen LogP contribution in [0, 0.1) is 5.92 Å². The summed E-state index contributed by atoms with van der Waals surface area (Å²) in [5.41, 5.74) is 1.90. The second-order valence-electron chi connectivity index (χ2n) is 5.09. The van der Waals surface area contributed by atoms with E-state index in [1.807, 2.05) is 0 Å². The normalized spacial score (nSPS) is 23.7. The molecule has 2 aromatic rings. The molecule has 0 aliphatic carbocycles. The maximum absolute atomic E-state index is 11.6. The molecule has 0 aromatic carbocycles. The molecule has 1 aliphatic heterocycles. The number of β-amino-alcohol motifs (C(OH)–C–C–N with tert-alkyl or cyclic N) is 1. The van der Waals surface area contributed by atoms with Crippen LogP contribution in [0.4, 0.5) is 0 Å². The first-order valence-electron chi connectivity index (χ1n) is 6.39. The van der Waals surface area contributed by atoms with Gasteiger partial charge in [0.15, 0.2) is 0 Å². The summed E-state index contributed by atoms with van der Waals surface area (Å²) in [7, 11) is 0. The van der Waals surface area contributed by atoms with Crippen molar-refractivity contribution in [3.05, 3.63) is 28.4 Å². The van der Waals surface area contributed by atoms with Crippen molar-refractivity contribution in [2.24, 2.45) is 5.92 Å². The number of likely N-dealkylation sites (tertiary alicyclic amines) is 1. The number of rotatable bonds is 4. The number of hydrogen-bond donors (Lipinski definition) is 4. The zero-order valence-electron chi connectivity index (χ0n) is 10.7. The number of nitrogens with one attached hydrogen (secondary N) is 2. The van der Waals surface area contributed by atoms with E-state index in [0.29, 0.717) is 29.9 Å². The summed E-state index contributed by atoms with van der Waals surface area (Å²) in [6, 6.07) is 0. The van der Waals surface area contributed by atoms with Gasteiger partial charge in [-0.25, -0.2) is 4.98 Å². The van der Waals surface area contributed by atoms with Crippen molar-refractivity contribution in [1.82, 2.24) is 19.9 Å². The molecule has 4 N–H and O–H groups in total. The van der Waals surface area contributed by atoms with Crippen molar-refractivity contribution >= 4 is 23.1 Å². The number of aromatic amines is 2. The third-order valence-corrected chi connectivity index (χ3v) is 4.29. The highest BCUT2D eigenvalue weighted by atomic mass is 32.2. The molecule has 1 fully saturated rings. The minimum Gasteiger partial charge on any atom is -0.391 e. The summed E-state index contributed by atoms with van der Waals surface area (Å²) in [6.07, 6.45) is 2.76. The summed E-state index contributed by atoms with van der Waals surface area (Å²) in [5.74, 6) is 0.607. The maximum Gasteiger partial charge on any atom is 0.275 e. The molecule has 1 saturated heterocycles. The van der Waals surface area contributed by atoms with Crippen LogP contribution in [0.25, 0.3) is 11.0 Å². The summed E-state index contributed by atoms with van der Waals surface area (Å²) >= 11 is 0.767. The van der Waals surface area contributed by atoms with Gasteiger partial charge in [-0.2, -0.15) is 0 Å². The molecule has 0 bridgehead atoms. The lowest BCUT2D eigenvalue weighted by atomic mass is 10.1. The Hall–Kier alpha value is -1.35. The van der Waals surface area contributed by atoms with Gasteiger partial charge in [0.05, 0.1) is 17.9 Å². The minimum atomic E-state index is -0.420. The number of aromatic nitrogens is 3. The van der Waals surface area contributed by atoms with Gasteiger partial charge in [-0.15, -0.1) is 0 Å². The molecule has 0 radical (unpaired) electrons. The SMILES string of the molecule is O=c1[nH]cnc2c(CN3CC(O)[C@@H](CSO)C3)c[nH]c12. The van der Waals surface area contributed by atoms with Gasteiger partial charge in [0.25, 0.3) is 5.56 Å². The molecule has 108 valence electrons. The van der Waals surface area contributed by atoms with Gasteiger partial charge >= 0.3 is 0 Å². The van der Waals surface area contributed by atoms with E-state index in [2.05, 4.69) is 19.9 Å². The van der Waals surface area contributed by atoms with Crippen molar-refractivity contribution in [3.8, 4) is 0 Å². The van der Waals surface area contributed by atoms with Gasteiger partial charge in [-0.3, -0.25) is 9.69 Å². The van der Waals surface area contributed by atoms with Crippen molar-refractivity contribution in [2.45, 2.75) is 12.6 Å². The van der Waals surface area contributed by atoms with E-state index in [4.69, 9.17) is 4.55 Å². The molecular weight excluding hydrogens is 280 g/mol. The second-order valence-corrected chi connectivity index (χ2v) is 5.68. The largest absolute Gasteiger partial charge is 0.391 e. The molecule has 2 atom stereocenters. The Morgan fingerprint density at radius 1 is 1.45 bits per heavy atom. The number of hydrogen-bond acceptors (Lipinski definition) is 6. The smallest absolute Gasteiger partial charge is 0.275 e. The van der Waals surface area contributed by atoms with E-state index in [1.165, 1.54) is 6.33 Å². The standard InChI is InChI=1S/C12H16N4O3S/c17-9-4-16(3-8(9)5-20-19)2-7-1-13-11-10(7)14-6-15-12(11)18/h1,6,8-9,13,17,19H,2-5H2,(H,14,15,18)/t8-,9?/m1/s1. The van der Waals surface area contributed by atoms with Gasteiger partial charge in [0, 0.05) is 43.1 Å². The van der Waals surface area contributed by atoms with Crippen LogP contribution in [0.3, 0.4) is 0 Å². The molecule has 1 unspecified atom stereocenters. The molecule has 0 saturated carbocycles. The molecular formula is C12H16N4O3S. The number of aliphatic hydroxyl groups is 1. The number of nitrogens with zero attached hydrogens (tertiary/aromatic N) is 2. The van der Waals surface area contributed by atoms with Crippen LogP contribution < -0.4 is 5.56 Å². The van der Waals surface area contributed by atoms with E-state index in [-0.39, 0.29) is 11.5 Å². The van der Waals surface area contributed by atoms with E-state index in [1.54, 1.807) is 6.20 Å². The average Bonchev–Trinajstić information content (AvgIpc) is 2.97. The fourth-order valence-corrected chi connectivity index (χ4v) is 3.22. The number of aliphatic hydroxyl groups excluding tert-OH is 1.